The van der Waals surface area contributed by atoms with E-state index >= 15 is 0 Å². The summed E-state index contributed by atoms with van der Waals surface area (Å²) in [4.78, 5) is 21.7. The number of imidazole rings is 1. The molecule has 0 amide bonds. The highest BCUT2D eigenvalue weighted by molar-refractivity contribution is 5.78. The van der Waals surface area contributed by atoms with Gasteiger partial charge < -0.3 is 9.88 Å². The molecule has 3 heterocycles. The maximum Gasteiger partial charge on any atom is 0.224 e. The number of aromatic nitrogens is 4. The van der Waals surface area contributed by atoms with Crippen LogP contribution in [0.25, 0.3) is 11.0 Å². The van der Waals surface area contributed by atoms with Crippen molar-refractivity contribution in [2.75, 3.05) is 32.1 Å². The molecule has 0 bridgehead atoms. The molecule has 6 nitrogen and oxygen atoms in total. The molecule has 0 unspecified atom stereocenters. The number of hydrogen-bond acceptors (Lipinski definition) is 5. The van der Waals surface area contributed by atoms with Gasteiger partial charge in [-0.25, -0.2) is 15.0 Å². The molecule has 26 heavy (non-hydrogen) atoms. The first-order valence-corrected chi connectivity index (χ1v) is 9.26. The molecule has 0 spiro atoms. The Hall–Kier alpha value is -2.47. The lowest BCUT2D eigenvalue weighted by molar-refractivity contribution is 0.197. The zero-order valence-electron chi connectivity index (χ0n) is 15.7. The molecule has 1 saturated heterocycles. The molecule has 136 valence electrons. The molecule has 4 rings (SSSR count). The number of aryl methyl sites for hydroxylation is 1. The van der Waals surface area contributed by atoms with Gasteiger partial charge in [0.25, 0.3) is 0 Å². The molecule has 3 aromatic rings. The maximum atomic E-state index is 4.90. The Morgan fingerprint density at radius 1 is 1.23 bits per heavy atom. The zero-order valence-corrected chi connectivity index (χ0v) is 15.7. The van der Waals surface area contributed by atoms with Crippen LogP contribution in [0, 0.1) is 6.92 Å². The predicted molar refractivity (Wildman–Crippen MR) is 104 cm³/mol. The molecule has 0 aliphatic carbocycles. The lowest BCUT2D eigenvalue weighted by atomic mass is 9.97. The van der Waals surface area contributed by atoms with Crippen LogP contribution < -0.4 is 4.90 Å². The van der Waals surface area contributed by atoms with E-state index in [2.05, 4.69) is 45.0 Å². The van der Waals surface area contributed by atoms with Gasteiger partial charge in [-0.3, -0.25) is 4.90 Å². The number of nitrogens with zero attached hydrogens (tertiary/aromatic N) is 5. The van der Waals surface area contributed by atoms with E-state index in [1.807, 2.05) is 31.4 Å². The Morgan fingerprint density at radius 2 is 2.04 bits per heavy atom. The number of likely N-dealkylation sites (tertiary alicyclic amines) is 1. The van der Waals surface area contributed by atoms with Crippen molar-refractivity contribution >= 4 is 17.0 Å². The summed E-state index contributed by atoms with van der Waals surface area (Å²) in [5.41, 5.74) is 4.64. The smallest absolute Gasteiger partial charge is 0.224 e. The number of benzene rings is 1. The minimum absolute atomic E-state index is 0.456. The van der Waals surface area contributed by atoms with Gasteiger partial charge in [0.15, 0.2) is 0 Å². The molecule has 1 aliphatic rings. The van der Waals surface area contributed by atoms with Gasteiger partial charge >= 0.3 is 0 Å². The summed E-state index contributed by atoms with van der Waals surface area (Å²) in [7, 11) is 3.92. The summed E-state index contributed by atoms with van der Waals surface area (Å²) < 4.78 is 0. The van der Waals surface area contributed by atoms with Gasteiger partial charge in [-0.2, -0.15) is 0 Å². The summed E-state index contributed by atoms with van der Waals surface area (Å²) >= 11 is 0. The fourth-order valence-electron chi connectivity index (χ4n) is 3.73. The van der Waals surface area contributed by atoms with Crippen LogP contribution in [0.5, 0.6) is 0 Å². The van der Waals surface area contributed by atoms with E-state index in [-0.39, 0.29) is 0 Å². The van der Waals surface area contributed by atoms with Gasteiger partial charge in [0.1, 0.15) is 5.82 Å². The van der Waals surface area contributed by atoms with Crippen LogP contribution >= 0.6 is 0 Å². The second kappa shape index (κ2) is 7.03. The average Bonchev–Trinajstić information content (AvgIpc) is 3.08. The standard InChI is InChI=1S/C20H26N6/c1-14-6-4-8-17-18(14)24-19(23-17)16-7-5-9-26(13-16)12-15-10-21-20(22-11-15)25(2)3/h4,6,8,10-11,16H,5,7,9,12-13H2,1-3H3,(H,23,24)/t16-/m0/s1. The first kappa shape index (κ1) is 17.0. The summed E-state index contributed by atoms with van der Waals surface area (Å²) in [5.74, 6) is 2.33. The third-order valence-electron chi connectivity index (χ3n) is 5.12. The molecule has 6 heteroatoms. The van der Waals surface area contributed by atoms with Crippen molar-refractivity contribution in [3.8, 4) is 0 Å². The van der Waals surface area contributed by atoms with Crippen LogP contribution in [0.2, 0.25) is 0 Å². The average molecular weight is 350 g/mol. The Labute approximate surface area is 154 Å². The molecule has 1 N–H and O–H groups in total. The zero-order chi connectivity index (χ0) is 18.1. The van der Waals surface area contributed by atoms with Crippen LogP contribution in [-0.2, 0) is 6.54 Å². The van der Waals surface area contributed by atoms with E-state index in [1.54, 1.807) is 0 Å². The van der Waals surface area contributed by atoms with Gasteiger partial charge in [-0.15, -0.1) is 0 Å². The number of para-hydroxylation sites is 1. The second-order valence-corrected chi connectivity index (χ2v) is 7.45. The van der Waals surface area contributed by atoms with Gasteiger partial charge in [0.05, 0.1) is 11.0 Å². The first-order chi connectivity index (χ1) is 12.6. The SMILES string of the molecule is Cc1cccc2[nH]c([C@H]3CCCN(Cc4cnc(N(C)C)nc4)C3)nc12. The third kappa shape index (κ3) is 3.42. The van der Waals surface area contributed by atoms with Crippen molar-refractivity contribution in [1.29, 1.82) is 0 Å². The quantitative estimate of drug-likeness (QED) is 0.783. The topological polar surface area (TPSA) is 60.9 Å². The van der Waals surface area contributed by atoms with Crippen molar-refractivity contribution in [1.82, 2.24) is 24.8 Å². The van der Waals surface area contributed by atoms with Gasteiger partial charge in [0, 0.05) is 51.1 Å². The number of piperidine rings is 1. The molecule has 0 saturated carbocycles. The van der Waals surface area contributed by atoms with Gasteiger partial charge in [-0.05, 0) is 37.9 Å². The Balaban J connectivity index is 1.47. The van der Waals surface area contributed by atoms with Crippen LogP contribution in [-0.4, -0.2) is 52.0 Å². The van der Waals surface area contributed by atoms with Crippen LogP contribution in [0.3, 0.4) is 0 Å². The number of fused-ring (bicyclic) bond motifs is 1. The molecule has 2 aromatic heterocycles. The third-order valence-corrected chi connectivity index (χ3v) is 5.12. The van der Waals surface area contributed by atoms with E-state index < -0.39 is 0 Å². The highest BCUT2D eigenvalue weighted by Crippen LogP contribution is 2.28. The second-order valence-electron chi connectivity index (χ2n) is 7.45. The van der Waals surface area contributed by atoms with Crippen molar-refractivity contribution in [3.05, 3.63) is 47.5 Å². The molecular weight excluding hydrogens is 324 g/mol. The number of anilines is 1. The predicted octanol–water partition coefficient (Wildman–Crippen LogP) is 3.11. The lowest BCUT2D eigenvalue weighted by Crippen LogP contribution is -2.34. The van der Waals surface area contributed by atoms with Crippen LogP contribution in [0.15, 0.2) is 30.6 Å². The highest BCUT2D eigenvalue weighted by atomic mass is 15.2. The molecular formula is C20H26N6. The van der Waals surface area contributed by atoms with Gasteiger partial charge in [0.2, 0.25) is 5.95 Å². The molecule has 1 aliphatic heterocycles. The monoisotopic (exact) mass is 350 g/mol. The molecule has 1 fully saturated rings. The van der Waals surface area contributed by atoms with Crippen molar-refractivity contribution in [2.45, 2.75) is 32.2 Å². The summed E-state index contributed by atoms with van der Waals surface area (Å²) in [6, 6.07) is 6.32. The summed E-state index contributed by atoms with van der Waals surface area (Å²) in [6.45, 7) is 5.15. The van der Waals surface area contributed by atoms with E-state index in [1.165, 1.54) is 18.4 Å². The number of aromatic amines is 1. The minimum Gasteiger partial charge on any atom is -0.347 e. The number of H-pyrrole nitrogens is 1. The summed E-state index contributed by atoms with van der Waals surface area (Å²) in [5, 5.41) is 0. The number of hydrogen-bond donors (Lipinski definition) is 1. The Morgan fingerprint density at radius 3 is 2.77 bits per heavy atom. The Bertz CT molecular complexity index is 883. The number of nitrogens with one attached hydrogen (secondary N) is 1. The van der Waals surface area contributed by atoms with Crippen LogP contribution in [0.4, 0.5) is 5.95 Å². The Kier molecular flexibility index (Phi) is 4.59. The molecule has 1 atom stereocenters. The molecule has 0 radical (unpaired) electrons. The fraction of sp³-hybridized carbons (Fsp3) is 0.450. The number of rotatable bonds is 4. The summed E-state index contributed by atoms with van der Waals surface area (Å²) in [6.07, 6.45) is 6.26. The van der Waals surface area contributed by atoms with Crippen molar-refractivity contribution < 1.29 is 0 Å². The van der Waals surface area contributed by atoms with E-state index in [4.69, 9.17) is 4.98 Å². The van der Waals surface area contributed by atoms with E-state index in [0.29, 0.717) is 5.92 Å². The minimum atomic E-state index is 0.456. The van der Waals surface area contributed by atoms with E-state index in [0.717, 1.165) is 48.0 Å². The van der Waals surface area contributed by atoms with E-state index in [9.17, 15) is 0 Å². The maximum absolute atomic E-state index is 4.90. The van der Waals surface area contributed by atoms with Crippen molar-refractivity contribution in [3.63, 3.8) is 0 Å². The largest absolute Gasteiger partial charge is 0.347 e. The highest BCUT2D eigenvalue weighted by Gasteiger charge is 2.24. The normalized spacial score (nSPS) is 18.3. The van der Waals surface area contributed by atoms with Crippen LogP contribution in [0.1, 0.15) is 35.7 Å². The lowest BCUT2D eigenvalue weighted by Gasteiger charge is -2.31. The first-order valence-electron chi connectivity index (χ1n) is 9.26. The fourth-order valence-corrected chi connectivity index (χ4v) is 3.73. The molecule has 1 aromatic carbocycles. The van der Waals surface area contributed by atoms with Crippen molar-refractivity contribution in [2.24, 2.45) is 0 Å². The van der Waals surface area contributed by atoms with Gasteiger partial charge in [-0.1, -0.05) is 12.1 Å².